The summed E-state index contributed by atoms with van der Waals surface area (Å²) < 4.78 is 5.12. The lowest BCUT2D eigenvalue weighted by Gasteiger charge is -2.16. The highest BCUT2D eigenvalue weighted by Crippen LogP contribution is 2.37. The second kappa shape index (κ2) is 6.21. The third-order valence-electron chi connectivity index (χ3n) is 2.84. The zero-order valence-electron chi connectivity index (χ0n) is 10.2. The number of allylic oxidation sites excluding steroid dienone is 2. The molecule has 88 valence electrons. The number of ether oxygens (including phenoxy) is 1. The molecule has 0 aliphatic heterocycles. The van der Waals surface area contributed by atoms with Crippen LogP contribution in [0.15, 0.2) is 30.4 Å². The Bertz CT molecular complexity index is 356. The van der Waals surface area contributed by atoms with Gasteiger partial charge in [0.15, 0.2) is 11.5 Å². The van der Waals surface area contributed by atoms with Crippen LogP contribution in [0.3, 0.4) is 0 Å². The van der Waals surface area contributed by atoms with Crippen LogP contribution in [0, 0.1) is 0 Å². The van der Waals surface area contributed by atoms with E-state index in [4.69, 9.17) is 4.74 Å². The Hall–Kier alpha value is -1.44. The molecule has 0 amide bonds. The van der Waals surface area contributed by atoms with Gasteiger partial charge in [0.25, 0.3) is 0 Å². The van der Waals surface area contributed by atoms with Gasteiger partial charge in [-0.3, -0.25) is 0 Å². The van der Waals surface area contributed by atoms with Crippen molar-refractivity contribution in [1.29, 1.82) is 0 Å². The maximum absolute atomic E-state index is 10.0. The smallest absolute Gasteiger partial charge is 0.161 e. The van der Waals surface area contributed by atoms with Crippen molar-refractivity contribution in [3.8, 4) is 11.5 Å². The van der Waals surface area contributed by atoms with Crippen LogP contribution in [-0.4, -0.2) is 12.2 Å². The van der Waals surface area contributed by atoms with Gasteiger partial charge >= 0.3 is 0 Å². The van der Waals surface area contributed by atoms with Crippen LogP contribution in [0.25, 0.3) is 0 Å². The molecule has 0 fully saturated rings. The summed E-state index contributed by atoms with van der Waals surface area (Å²) in [5, 5.41) is 10.0. The van der Waals surface area contributed by atoms with Crippen molar-refractivity contribution in [3.63, 3.8) is 0 Å². The minimum absolute atomic E-state index is 0.279. The molecule has 16 heavy (non-hydrogen) atoms. The molecule has 0 aliphatic rings. The first-order chi connectivity index (χ1) is 7.74. The zero-order chi connectivity index (χ0) is 12.0. The zero-order valence-corrected chi connectivity index (χ0v) is 10.2. The standard InChI is InChI=1S/C14H20O2/c1-4-6-8-11(5-2)12-9-7-10-13(16-3)14(12)15/h4,6-7,9-11,15H,5,8H2,1-3H3/b6-4-. The number of hydrogen-bond donors (Lipinski definition) is 1. The van der Waals surface area contributed by atoms with Crippen LogP contribution in [0.1, 0.15) is 38.2 Å². The molecular weight excluding hydrogens is 200 g/mol. The molecule has 1 unspecified atom stereocenters. The number of aromatic hydroxyl groups is 1. The normalized spacial score (nSPS) is 12.9. The average Bonchev–Trinajstić information content (AvgIpc) is 2.32. The summed E-state index contributed by atoms with van der Waals surface area (Å²) in [6.07, 6.45) is 6.13. The molecule has 0 saturated heterocycles. The fraction of sp³-hybridized carbons (Fsp3) is 0.429. The van der Waals surface area contributed by atoms with Gasteiger partial charge in [0.1, 0.15) is 0 Å². The van der Waals surface area contributed by atoms with Gasteiger partial charge in [0, 0.05) is 5.56 Å². The van der Waals surface area contributed by atoms with Crippen molar-refractivity contribution in [2.75, 3.05) is 7.11 Å². The van der Waals surface area contributed by atoms with E-state index in [9.17, 15) is 5.11 Å². The number of rotatable bonds is 5. The highest BCUT2D eigenvalue weighted by Gasteiger charge is 2.14. The highest BCUT2D eigenvalue weighted by atomic mass is 16.5. The van der Waals surface area contributed by atoms with Crippen LogP contribution in [-0.2, 0) is 0 Å². The third kappa shape index (κ3) is 2.78. The van der Waals surface area contributed by atoms with E-state index in [1.807, 2.05) is 25.1 Å². The van der Waals surface area contributed by atoms with E-state index < -0.39 is 0 Å². The Balaban J connectivity index is 3.00. The monoisotopic (exact) mass is 220 g/mol. The molecule has 0 bridgehead atoms. The molecule has 1 rings (SSSR count). The fourth-order valence-electron chi connectivity index (χ4n) is 1.85. The quantitative estimate of drug-likeness (QED) is 0.763. The van der Waals surface area contributed by atoms with Crippen molar-refractivity contribution in [2.24, 2.45) is 0 Å². The second-order valence-electron chi connectivity index (χ2n) is 3.81. The minimum atomic E-state index is 0.279. The van der Waals surface area contributed by atoms with Crippen LogP contribution in [0.2, 0.25) is 0 Å². The number of benzene rings is 1. The van der Waals surface area contributed by atoms with Crippen LogP contribution < -0.4 is 4.74 Å². The Morgan fingerprint density at radius 3 is 2.75 bits per heavy atom. The lowest BCUT2D eigenvalue weighted by atomic mass is 9.92. The Labute approximate surface area is 97.6 Å². The van der Waals surface area contributed by atoms with Crippen molar-refractivity contribution in [2.45, 2.75) is 32.6 Å². The maximum Gasteiger partial charge on any atom is 0.161 e. The second-order valence-corrected chi connectivity index (χ2v) is 3.81. The lowest BCUT2D eigenvalue weighted by molar-refractivity contribution is 0.368. The molecule has 1 aromatic rings. The number of methoxy groups -OCH3 is 1. The topological polar surface area (TPSA) is 29.5 Å². The average molecular weight is 220 g/mol. The molecule has 0 spiro atoms. The largest absolute Gasteiger partial charge is 0.504 e. The molecule has 1 N–H and O–H groups in total. The lowest BCUT2D eigenvalue weighted by Crippen LogP contribution is -1.97. The van der Waals surface area contributed by atoms with Gasteiger partial charge in [0.2, 0.25) is 0 Å². The molecule has 0 heterocycles. The number of hydrogen-bond acceptors (Lipinski definition) is 2. The summed E-state index contributed by atoms with van der Waals surface area (Å²) in [6, 6.07) is 5.67. The Morgan fingerprint density at radius 1 is 1.44 bits per heavy atom. The van der Waals surface area contributed by atoms with Crippen molar-refractivity contribution in [3.05, 3.63) is 35.9 Å². The first kappa shape index (κ1) is 12.6. The molecule has 0 saturated carbocycles. The van der Waals surface area contributed by atoms with E-state index in [1.165, 1.54) is 0 Å². The van der Waals surface area contributed by atoms with Gasteiger partial charge in [-0.2, -0.15) is 0 Å². The summed E-state index contributed by atoms with van der Waals surface area (Å²) >= 11 is 0. The first-order valence-corrected chi connectivity index (χ1v) is 5.71. The maximum atomic E-state index is 10.0. The molecule has 1 atom stereocenters. The van der Waals surface area contributed by atoms with Gasteiger partial charge in [-0.05, 0) is 31.7 Å². The molecule has 1 aromatic carbocycles. The predicted octanol–water partition coefficient (Wildman–Crippen LogP) is 3.86. The van der Waals surface area contributed by atoms with E-state index >= 15 is 0 Å². The predicted molar refractivity (Wildman–Crippen MR) is 67.1 cm³/mol. The number of phenols is 1. The minimum Gasteiger partial charge on any atom is -0.504 e. The van der Waals surface area contributed by atoms with E-state index in [0.29, 0.717) is 11.7 Å². The van der Waals surface area contributed by atoms with Crippen LogP contribution in [0.5, 0.6) is 11.5 Å². The molecule has 2 heteroatoms. The number of para-hydroxylation sites is 1. The van der Waals surface area contributed by atoms with Crippen molar-refractivity contribution in [1.82, 2.24) is 0 Å². The Kier molecular flexibility index (Phi) is 4.90. The summed E-state index contributed by atoms with van der Waals surface area (Å²) in [7, 11) is 1.58. The SMILES string of the molecule is C/C=C\CC(CC)c1cccc(OC)c1O. The molecule has 0 aliphatic carbocycles. The summed E-state index contributed by atoms with van der Waals surface area (Å²) in [5.74, 6) is 1.18. The van der Waals surface area contributed by atoms with E-state index in [1.54, 1.807) is 13.2 Å². The van der Waals surface area contributed by atoms with E-state index in [0.717, 1.165) is 18.4 Å². The molecule has 0 radical (unpaired) electrons. The molecule has 2 nitrogen and oxygen atoms in total. The van der Waals surface area contributed by atoms with Gasteiger partial charge < -0.3 is 9.84 Å². The van der Waals surface area contributed by atoms with Crippen LogP contribution >= 0.6 is 0 Å². The van der Waals surface area contributed by atoms with Gasteiger partial charge in [-0.15, -0.1) is 0 Å². The summed E-state index contributed by atoms with van der Waals surface area (Å²) in [6.45, 7) is 4.14. The van der Waals surface area contributed by atoms with Gasteiger partial charge in [-0.1, -0.05) is 31.2 Å². The van der Waals surface area contributed by atoms with E-state index in [-0.39, 0.29) is 5.75 Å². The first-order valence-electron chi connectivity index (χ1n) is 5.71. The van der Waals surface area contributed by atoms with Crippen molar-refractivity contribution >= 4 is 0 Å². The van der Waals surface area contributed by atoms with Gasteiger partial charge in [0.05, 0.1) is 7.11 Å². The third-order valence-corrected chi connectivity index (χ3v) is 2.84. The van der Waals surface area contributed by atoms with E-state index in [2.05, 4.69) is 13.0 Å². The highest BCUT2D eigenvalue weighted by molar-refractivity contribution is 5.47. The fourth-order valence-corrected chi connectivity index (χ4v) is 1.85. The Morgan fingerprint density at radius 2 is 2.19 bits per heavy atom. The summed E-state index contributed by atoms with van der Waals surface area (Å²) in [5.41, 5.74) is 0.972. The van der Waals surface area contributed by atoms with Crippen LogP contribution in [0.4, 0.5) is 0 Å². The van der Waals surface area contributed by atoms with Gasteiger partial charge in [-0.25, -0.2) is 0 Å². The molecule has 0 aromatic heterocycles. The number of phenolic OH excluding ortho intramolecular Hbond substituents is 1. The van der Waals surface area contributed by atoms with Crippen molar-refractivity contribution < 1.29 is 9.84 Å². The summed E-state index contributed by atoms with van der Waals surface area (Å²) in [4.78, 5) is 0. The molecular formula is C14H20O2.